The fraction of sp³-hybridized carbons (Fsp3) is 0.438. The van der Waals surface area contributed by atoms with Crippen molar-refractivity contribution in [2.45, 2.75) is 55.9 Å². The molecule has 4 aromatic rings. The number of fused-ring (bicyclic) bond motifs is 5. The summed E-state index contributed by atoms with van der Waals surface area (Å²) in [7, 11) is 0. The van der Waals surface area contributed by atoms with E-state index < -0.39 is 23.3 Å². The van der Waals surface area contributed by atoms with Crippen molar-refractivity contribution in [3.63, 3.8) is 0 Å². The number of benzene rings is 3. The van der Waals surface area contributed by atoms with Crippen molar-refractivity contribution in [3.05, 3.63) is 53.1 Å². The van der Waals surface area contributed by atoms with Gasteiger partial charge in [-0.1, -0.05) is 23.7 Å². The average Bonchev–Trinajstić information content (AvgIpc) is 3.62. The van der Waals surface area contributed by atoms with Crippen LogP contribution in [0, 0.1) is 11.6 Å². The van der Waals surface area contributed by atoms with E-state index in [1.165, 1.54) is 24.3 Å². The zero-order chi connectivity index (χ0) is 29.5. The lowest BCUT2D eigenvalue weighted by atomic mass is 9.95. The molecule has 7 nitrogen and oxygen atoms in total. The lowest BCUT2D eigenvalue weighted by molar-refractivity contribution is 0.107. The molecule has 4 aliphatic heterocycles. The molecule has 4 atom stereocenters. The zero-order valence-corrected chi connectivity index (χ0v) is 24.2. The number of rotatable bonds is 5. The number of hydrogen-bond donors (Lipinski definition) is 2. The number of nitrogens with one attached hydrogen (secondary N) is 1. The first-order valence-electron chi connectivity index (χ1n) is 14.9. The maximum atomic E-state index is 16.8. The Kier molecular flexibility index (Phi) is 6.40. The Labute approximate surface area is 251 Å². The predicted octanol–water partition coefficient (Wildman–Crippen LogP) is 5.98. The highest BCUT2D eigenvalue weighted by Crippen LogP contribution is 2.44. The molecular formula is C32H31ClF3N5O2. The van der Waals surface area contributed by atoms with Gasteiger partial charge in [-0.3, -0.25) is 4.90 Å². The number of halogens is 4. The fourth-order valence-corrected chi connectivity index (χ4v) is 8.19. The minimum atomic E-state index is -0.909. The van der Waals surface area contributed by atoms with Gasteiger partial charge in [0, 0.05) is 60.0 Å². The minimum Gasteiger partial charge on any atom is -0.508 e. The van der Waals surface area contributed by atoms with Crippen molar-refractivity contribution < 1.29 is 23.0 Å². The van der Waals surface area contributed by atoms with Crippen LogP contribution in [0.2, 0.25) is 5.02 Å². The molecule has 2 bridgehead atoms. The van der Waals surface area contributed by atoms with Gasteiger partial charge in [-0.25, -0.2) is 13.2 Å². The summed E-state index contributed by atoms with van der Waals surface area (Å²) in [5.41, 5.74) is -0.365. The van der Waals surface area contributed by atoms with Crippen LogP contribution < -0.4 is 15.0 Å². The number of alkyl halides is 1. The fourth-order valence-electron chi connectivity index (χ4n) is 7.89. The molecule has 4 aliphatic rings. The number of ether oxygens (including phenoxy) is 1. The van der Waals surface area contributed by atoms with Crippen LogP contribution in [-0.4, -0.2) is 76.6 Å². The molecule has 1 aromatic heterocycles. The van der Waals surface area contributed by atoms with Gasteiger partial charge in [0.05, 0.1) is 10.6 Å². The third-order valence-electron chi connectivity index (χ3n) is 9.77. The van der Waals surface area contributed by atoms with Gasteiger partial charge in [0.25, 0.3) is 0 Å². The third kappa shape index (κ3) is 4.48. The molecule has 224 valence electrons. The molecule has 11 heteroatoms. The molecule has 0 spiro atoms. The maximum absolute atomic E-state index is 16.8. The van der Waals surface area contributed by atoms with Crippen LogP contribution in [0.5, 0.6) is 11.8 Å². The highest BCUT2D eigenvalue weighted by molar-refractivity contribution is 6.35. The molecule has 43 heavy (non-hydrogen) atoms. The number of aromatic nitrogens is 2. The summed E-state index contributed by atoms with van der Waals surface area (Å²) < 4.78 is 52.6. The number of phenolic OH excluding ortho intramolecular Hbond substituents is 1. The molecule has 4 fully saturated rings. The predicted molar refractivity (Wildman–Crippen MR) is 160 cm³/mol. The van der Waals surface area contributed by atoms with E-state index >= 15 is 8.78 Å². The van der Waals surface area contributed by atoms with Gasteiger partial charge >= 0.3 is 6.01 Å². The van der Waals surface area contributed by atoms with Gasteiger partial charge < -0.3 is 20.1 Å². The second-order valence-corrected chi connectivity index (χ2v) is 12.9. The van der Waals surface area contributed by atoms with Crippen LogP contribution in [0.4, 0.5) is 19.0 Å². The van der Waals surface area contributed by atoms with Crippen LogP contribution in [0.15, 0.2) is 36.4 Å². The van der Waals surface area contributed by atoms with Crippen molar-refractivity contribution in [2.75, 3.05) is 37.7 Å². The molecule has 0 amide bonds. The summed E-state index contributed by atoms with van der Waals surface area (Å²) in [6.45, 7) is 2.79. The van der Waals surface area contributed by atoms with E-state index in [-0.39, 0.29) is 45.4 Å². The van der Waals surface area contributed by atoms with E-state index in [0.717, 1.165) is 32.2 Å². The first-order chi connectivity index (χ1) is 20.8. The van der Waals surface area contributed by atoms with Gasteiger partial charge in [0.15, 0.2) is 5.82 Å². The van der Waals surface area contributed by atoms with Gasteiger partial charge in [0.2, 0.25) is 0 Å². The van der Waals surface area contributed by atoms with E-state index in [1.54, 1.807) is 12.1 Å². The van der Waals surface area contributed by atoms with Gasteiger partial charge in [-0.15, -0.1) is 0 Å². The highest BCUT2D eigenvalue weighted by Gasteiger charge is 2.49. The molecule has 8 rings (SSSR count). The Morgan fingerprint density at radius 1 is 1.09 bits per heavy atom. The molecular weight excluding hydrogens is 579 g/mol. The highest BCUT2D eigenvalue weighted by atomic mass is 35.5. The van der Waals surface area contributed by atoms with E-state index in [9.17, 15) is 9.50 Å². The largest absolute Gasteiger partial charge is 0.508 e. The molecule has 0 aliphatic carbocycles. The van der Waals surface area contributed by atoms with Crippen molar-refractivity contribution >= 4 is 39.1 Å². The Morgan fingerprint density at radius 3 is 2.72 bits per heavy atom. The van der Waals surface area contributed by atoms with Crippen LogP contribution in [0.1, 0.15) is 32.1 Å². The van der Waals surface area contributed by atoms with Crippen LogP contribution in [0.3, 0.4) is 0 Å². The molecule has 2 N–H and O–H groups in total. The Balaban J connectivity index is 1.28. The Morgan fingerprint density at radius 2 is 1.91 bits per heavy atom. The summed E-state index contributed by atoms with van der Waals surface area (Å²) in [4.78, 5) is 13.6. The van der Waals surface area contributed by atoms with E-state index in [2.05, 4.69) is 20.1 Å². The smallest absolute Gasteiger partial charge is 0.319 e. The van der Waals surface area contributed by atoms with E-state index in [1.807, 2.05) is 0 Å². The maximum Gasteiger partial charge on any atom is 0.319 e. The van der Waals surface area contributed by atoms with Gasteiger partial charge in [0.1, 0.15) is 35.7 Å². The zero-order valence-electron chi connectivity index (χ0n) is 23.4. The van der Waals surface area contributed by atoms with Crippen molar-refractivity contribution in [2.24, 2.45) is 0 Å². The molecule has 0 saturated carbocycles. The van der Waals surface area contributed by atoms with Crippen molar-refractivity contribution in [3.8, 4) is 22.9 Å². The molecule has 4 saturated heterocycles. The molecule has 3 aromatic carbocycles. The summed E-state index contributed by atoms with van der Waals surface area (Å²) in [5.74, 6) is -0.937. The summed E-state index contributed by atoms with van der Waals surface area (Å²) in [6.07, 6.45) is 3.36. The number of nitrogens with zero attached hydrogens (tertiary/aromatic N) is 4. The third-order valence-corrected chi connectivity index (χ3v) is 10.1. The second-order valence-electron chi connectivity index (χ2n) is 12.5. The van der Waals surface area contributed by atoms with E-state index in [4.69, 9.17) is 21.3 Å². The number of piperazine rings is 1. The van der Waals surface area contributed by atoms with Crippen molar-refractivity contribution in [1.82, 2.24) is 20.2 Å². The van der Waals surface area contributed by atoms with Crippen LogP contribution in [0.25, 0.3) is 32.8 Å². The SMILES string of the molecule is Oc1cc(-c2c(Cl)cc3c(N4CC5CCC(C4)N5)nc(OC[C@]45CCCN4C[C@@H](F)C5)nc3c2F)c2c(F)cccc2c1. The lowest BCUT2D eigenvalue weighted by Crippen LogP contribution is -2.51. The monoisotopic (exact) mass is 609 g/mol. The normalized spacial score (nSPS) is 27.0. The van der Waals surface area contributed by atoms with Crippen LogP contribution >= 0.6 is 11.6 Å². The van der Waals surface area contributed by atoms with Crippen LogP contribution in [-0.2, 0) is 0 Å². The molecule has 2 unspecified atom stereocenters. The summed E-state index contributed by atoms with van der Waals surface area (Å²) in [5, 5.41) is 15.1. The lowest BCUT2D eigenvalue weighted by Gasteiger charge is -2.34. The number of phenols is 1. The summed E-state index contributed by atoms with van der Waals surface area (Å²) in [6, 6.07) is 9.43. The quantitative estimate of drug-likeness (QED) is 0.288. The molecule has 0 radical (unpaired) electrons. The van der Waals surface area contributed by atoms with Crippen molar-refractivity contribution in [1.29, 1.82) is 0 Å². The van der Waals surface area contributed by atoms with Gasteiger partial charge in [-0.05, 0) is 61.9 Å². The number of anilines is 1. The molecule has 5 heterocycles. The second kappa shape index (κ2) is 10.1. The topological polar surface area (TPSA) is 73.8 Å². The number of hydrogen-bond acceptors (Lipinski definition) is 7. The Bertz CT molecular complexity index is 1760. The summed E-state index contributed by atoms with van der Waals surface area (Å²) >= 11 is 6.79. The Hall–Kier alpha value is -3.34. The first kappa shape index (κ1) is 27.2. The number of aromatic hydroxyl groups is 1. The average molecular weight is 610 g/mol. The van der Waals surface area contributed by atoms with Gasteiger partial charge in [-0.2, -0.15) is 9.97 Å². The standard InChI is InChI=1S/C32H31ClF3N5O2/c33-24-11-23-29(28(36)27(24)22-10-21(42)9-17-3-1-4-25(35)26(17)22)38-31(39-30(23)40-14-19-5-6-20(15-40)37-19)43-16-32-7-2-8-41(32)13-18(34)12-32/h1,3-4,9-11,18-20,37,42H,2,5-8,12-16H2/t18-,19?,20?,32+/m0/s1. The van der Waals surface area contributed by atoms with E-state index in [0.29, 0.717) is 54.7 Å². The minimum absolute atomic E-state index is 0.00585. The first-order valence-corrected chi connectivity index (χ1v) is 15.3.